The van der Waals surface area contributed by atoms with Crippen molar-refractivity contribution in [3.8, 4) is 0 Å². The zero-order valence-electron chi connectivity index (χ0n) is 10.7. The third-order valence-electron chi connectivity index (χ3n) is 3.54. The summed E-state index contributed by atoms with van der Waals surface area (Å²) in [6, 6.07) is 8.89. The minimum Gasteiger partial charge on any atom is -0.0847 e. The van der Waals surface area contributed by atoms with E-state index in [0.29, 0.717) is 5.92 Å². The first-order valence-electron chi connectivity index (χ1n) is 6.16. The van der Waals surface area contributed by atoms with Crippen LogP contribution in [-0.4, -0.2) is 0 Å². The first-order valence-corrected chi connectivity index (χ1v) is 6.54. The molecule has 0 spiro atoms. The van der Waals surface area contributed by atoms with E-state index in [9.17, 15) is 0 Å². The number of halogens is 1. The van der Waals surface area contributed by atoms with Crippen molar-refractivity contribution in [2.24, 2.45) is 0 Å². The molecule has 0 aromatic heterocycles. The van der Waals surface area contributed by atoms with Crippen LogP contribution < -0.4 is 0 Å². The van der Waals surface area contributed by atoms with Gasteiger partial charge < -0.3 is 0 Å². The van der Waals surface area contributed by atoms with Crippen LogP contribution in [0, 0.1) is 0 Å². The van der Waals surface area contributed by atoms with Crippen LogP contribution in [0.5, 0.6) is 0 Å². The van der Waals surface area contributed by atoms with E-state index in [4.69, 9.17) is 11.6 Å². The topological polar surface area (TPSA) is 0 Å². The summed E-state index contributed by atoms with van der Waals surface area (Å²) in [5.74, 6) is 0.574. The highest BCUT2D eigenvalue weighted by Crippen LogP contribution is 2.35. The Morgan fingerprint density at radius 2 is 2.06 bits per heavy atom. The molecule has 90 valence electrons. The van der Waals surface area contributed by atoms with Gasteiger partial charge in [0.2, 0.25) is 0 Å². The largest absolute Gasteiger partial charge is 0.0847 e. The van der Waals surface area contributed by atoms with Crippen LogP contribution in [0.15, 0.2) is 47.5 Å². The lowest BCUT2D eigenvalue weighted by molar-refractivity contribution is 0.597. The fraction of sp³-hybridized carbons (Fsp3) is 0.375. The Hall–Kier alpha value is -1.01. The Labute approximate surface area is 109 Å². The van der Waals surface area contributed by atoms with Crippen LogP contribution in [-0.2, 0) is 5.41 Å². The number of rotatable bonds is 2. The third-order valence-corrected chi connectivity index (χ3v) is 3.82. The van der Waals surface area contributed by atoms with Gasteiger partial charge in [-0.2, -0.15) is 0 Å². The average Bonchev–Trinajstić information content (AvgIpc) is 2.33. The van der Waals surface area contributed by atoms with E-state index >= 15 is 0 Å². The zero-order chi connectivity index (χ0) is 12.5. The SMILES string of the molecule is CC(C)c1cccc(C2(C)C=CC(Cl)=CC2)c1. The van der Waals surface area contributed by atoms with Crippen molar-refractivity contribution in [1.29, 1.82) is 0 Å². The van der Waals surface area contributed by atoms with Crippen molar-refractivity contribution in [2.45, 2.75) is 38.5 Å². The molecule has 0 aliphatic heterocycles. The highest BCUT2D eigenvalue weighted by Gasteiger charge is 2.24. The van der Waals surface area contributed by atoms with Crippen LogP contribution in [0.4, 0.5) is 0 Å². The Bertz CT molecular complexity index is 468. The molecule has 1 unspecified atom stereocenters. The summed E-state index contributed by atoms with van der Waals surface area (Å²) in [5, 5.41) is 0.850. The van der Waals surface area contributed by atoms with Crippen LogP contribution >= 0.6 is 11.6 Å². The van der Waals surface area contributed by atoms with Crippen LogP contribution in [0.2, 0.25) is 0 Å². The van der Waals surface area contributed by atoms with Gasteiger partial charge in [0.25, 0.3) is 0 Å². The molecule has 0 nitrogen and oxygen atoms in total. The van der Waals surface area contributed by atoms with Gasteiger partial charge in [-0.3, -0.25) is 0 Å². The second kappa shape index (κ2) is 4.70. The molecule has 1 aromatic rings. The van der Waals surface area contributed by atoms with Crippen molar-refractivity contribution < 1.29 is 0 Å². The maximum Gasteiger partial charge on any atom is 0.0363 e. The Morgan fingerprint density at radius 1 is 1.29 bits per heavy atom. The van der Waals surface area contributed by atoms with E-state index in [1.807, 2.05) is 6.08 Å². The van der Waals surface area contributed by atoms with Gasteiger partial charge >= 0.3 is 0 Å². The molecule has 1 atom stereocenters. The van der Waals surface area contributed by atoms with E-state index in [1.54, 1.807) is 0 Å². The lowest BCUT2D eigenvalue weighted by Crippen LogP contribution is -2.20. The second-order valence-electron chi connectivity index (χ2n) is 5.32. The molecule has 0 heterocycles. The van der Waals surface area contributed by atoms with Gasteiger partial charge in [-0.1, -0.05) is 68.8 Å². The van der Waals surface area contributed by atoms with Crippen LogP contribution in [0.25, 0.3) is 0 Å². The van der Waals surface area contributed by atoms with Gasteiger partial charge in [0.15, 0.2) is 0 Å². The summed E-state index contributed by atoms with van der Waals surface area (Å²) in [7, 11) is 0. The summed E-state index contributed by atoms with van der Waals surface area (Å²) in [4.78, 5) is 0. The number of benzene rings is 1. The lowest BCUT2D eigenvalue weighted by Gasteiger charge is -2.28. The predicted molar refractivity (Wildman–Crippen MR) is 75.6 cm³/mol. The quantitative estimate of drug-likeness (QED) is 0.677. The molecule has 17 heavy (non-hydrogen) atoms. The molecule has 0 saturated heterocycles. The third kappa shape index (κ3) is 2.63. The van der Waals surface area contributed by atoms with Gasteiger partial charge in [-0.15, -0.1) is 0 Å². The second-order valence-corrected chi connectivity index (χ2v) is 5.76. The van der Waals surface area contributed by atoms with E-state index in [2.05, 4.69) is 57.2 Å². The number of allylic oxidation sites excluding steroid dienone is 4. The Morgan fingerprint density at radius 3 is 2.65 bits per heavy atom. The smallest absolute Gasteiger partial charge is 0.0363 e. The first kappa shape index (κ1) is 12.4. The van der Waals surface area contributed by atoms with Gasteiger partial charge in [-0.25, -0.2) is 0 Å². The molecule has 0 amide bonds. The fourth-order valence-electron chi connectivity index (χ4n) is 2.18. The molecular weight excluding hydrogens is 228 g/mol. The monoisotopic (exact) mass is 246 g/mol. The van der Waals surface area contributed by atoms with Crippen LogP contribution in [0.1, 0.15) is 44.2 Å². The maximum absolute atomic E-state index is 5.99. The summed E-state index contributed by atoms with van der Waals surface area (Å²) in [6.45, 7) is 6.73. The van der Waals surface area contributed by atoms with Gasteiger partial charge in [0.05, 0.1) is 0 Å². The predicted octanol–water partition coefficient (Wildman–Crippen LogP) is 5.15. The summed E-state index contributed by atoms with van der Waals surface area (Å²) in [5.41, 5.74) is 2.86. The van der Waals surface area contributed by atoms with E-state index in [1.165, 1.54) is 11.1 Å². The molecule has 1 heteroatoms. The standard InChI is InChI=1S/C16H19Cl/c1-12(2)13-5-4-6-14(11-13)16(3)9-7-15(17)8-10-16/h4-9,11-12H,10H2,1-3H3. The summed E-state index contributed by atoms with van der Waals surface area (Å²) >= 11 is 5.99. The van der Waals surface area contributed by atoms with Gasteiger partial charge in [0.1, 0.15) is 0 Å². The normalized spacial score (nSPS) is 23.9. The van der Waals surface area contributed by atoms with Crippen molar-refractivity contribution in [3.63, 3.8) is 0 Å². The average molecular weight is 247 g/mol. The molecule has 0 radical (unpaired) electrons. The number of hydrogen-bond acceptors (Lipinski definition) is 0. The lowest BCUT2D eigenvalue weighted by atomic mass is 9.76. The van der Waals surface area contributed by atoms with E-state index in [0.717, 1.165) is 11.5 Å². The highest BCUT2D eigenvalue weighted by atomic mass is 35.5. The highest BCUT2D eigenvalue weighted by molar-refractivity contribution is 6.31. The molecular formula is C16H19Cl. The van der Waals surface area contributed by atoms with Gasteiger partial charge in [0, 0.05) is 10.4 Å². The van der Waals surface area contributed by atoms with Crippen molar-refractivity contribution in [1.82, 2.24) is 0 Å². The van der Waals surface area contributed by atoms with Crippen molar-refractivity contribution in [2.75, 3.05) is 0 Å². The minimum atomic E-state index is 0.0866. The summed E-state index contributed by atoms with van der Waals surface area (Å²) in [6.07, 6.45) is 7.30. The number of hydrogen-bond donors (Lipinski definition) is 0. The van der Waals surface area contributed by atoms with Crippen molar-refractivity contribution >= 4 is 11.6 Å². The molecule has 1 aliphatic rings. The molecule has 0 saturated carbocycles. The molecule has 0 N–H and O–H groups in total. The van der Waals surface area contributed by atoms with Gasteiger partial charge in [-0.05, 0) is 29.5 Å². The molecule has 1 aromatic carbocycles. The molecule has 1 aliphatic carbocycles. The van der Waals surface area contributed by atoms with Crippen molar-refractivity contribution in [3.05, 3.63) is 58.7 Å². The molecule has 0 bridgehead atoms. The van der Waals surface area contributed by atoms with Crippen LogP contribution in [0.3, 0.4) is 0 Å². The maximum atomic E-state index is 5.99. The Kier molecular flexibility index (Phi) is 3.44. The fourth-order valence-corrected chi connectivity index (χ4v) is 2.32. The summed E-state index contributed by atoms with van der Waals surface area (Å²) < 4.78 is 0. The molecule has 2 rings (SSSR count). The zero-order valence-corrected chi connectivity index (χ0v) is 11.5. The Balaban J connectivity index is 2.35. The first-order chi connectivity index (χ1) is 8.01. The van der Waals surface area contributed by atoms with E-state index < -0.39 is 0 Å². The van der Waals surface area contributed by atoms with E-state index in [-0.39, 0.29) is 5.41 Å². The minimum absolute atomic E-state index is 0.0866. The molecule has 0 fully saturated rings.